The van der Waals surface area contributed by atoms with Crippen LogP contribution in [0, 0.1) is 5.92 Å². The first-order valence-electron chi connectivity index (χ1n) is 5.48. The molecule has 1 aliphatic rings. The van der Waals surface area contributed by atoms with E-state index in [1.807, 2.05) is 12.1 Å². The monoisotopic (exact) mass is 234 g/mol. The van der Waals surface area contributed by atoms with E-state index in [1.165, 1.54) is 0 Å². The van der Waals surface area contributed by atoms with Crippen LogP contribution in [-0.2, 0) is 0 Å². The number of furan rings is 1. The van der Waals surface area contributed by atoms with E-state index in [1.54, 1.807) is 12.1 Å². The molecule has 82 valence electrons. The number of benzene rings is 1. The highest BCUT2D eigenvalue weighted by Crippen LogP contribution is 2.33. The molecule has 1 aliphatic carbocycles. The predicted molar refractivity (Wildman–Crippen MR) is 62.9 cm³/mol. The number of hydrogen-bond donors (Lipinski definition) is 0. The first-order valence-corrected chi connectivity index (χ1v) is 5.86. The number of ketones is 1. The summed E-state index contributed by atoms with van der Waals surface area (Å²) in [6, 6.07) is 7.33. The van der Waals surface area contributed by atoms with Crippen LogP contribution in [0.2, 0.25) is 5.02 Å². The fourth-order valence-electron chi connectivity index (χ4n) is 2.02. The molecule has 2 aromatic rings. The topological polar surface area (TPSA) is 30.2 Å². The van der Waals surface area contributed by atoms with Crippen molar-refractivity contribution in [3.63, 3.8) is 0 Å². The minimum absolute atomic E-state index is 0.124. The first kappa shape index (κ1) is 9.91. The summed E-state index contributed by atoms with van der Waals surface area (Å²) in [7, 11) is 0. The van der Waals surface area contributed by atoms with E-state index in [2.05, 4.69) is 0 Å². The maximum absolute atomic E-state index is 12.0. The van der Waals surface area contributed by atoms with Crippen LogP contribution in [0.25, 0.3) is 11.0 Å². The molecule has 0 unspecified atom stereocenters. The second kappa shape index (κ2) is 3.63. The minimum atomic E-state index is 0.124. The highest BCUT2D eigenvalue weighted by atomic mass is 35.5. The van der Waals surface area contributed by atoms with Crippen LogP contribution in [0.15, 0.2) is 28.7 Å². The largest absolute Gasteiger partial charge is 0.451 e. The standard InChI is InChI=1S/C13H11ClO2/c14-10-6-2-5-9-7-11(16-13(9)10)12(15)8-3-1-4-8/h2,5-8H,1,3-4H2. The molecule has 3 heteroatoms. The molecule has 1 fully saturated rings. The zero-order valence-corrected chi connectivity index (χ0v) is 9.46. The predicted octanol–water partition coefficient (Wildman–Crippen LogP) is 4.07. The van der Waals surface area contributed by atoms with Gasteiger partial charge in [-0.2, -0.15) is 0 Å². The third-order valence-corrected chi connectivity index (χ3v) is 3.51. The van der Waals surface area contributed by atoms with Crippen LogP contribution in [0.1, 0.15) is 29.8 Å². The molecular formula is C13H11ClO2. The number of fused-ring (bicyclic) bond motifs is 1. The zero-order chi connectivity index (χ0) is 11.1. The zero-order valence-electron chi connectivity index (χ0n) is 8.70. The van der Waals surface area contributed by atoms with E-state index < -0.39 is 0 Å². The van der Waals surface area contributed by atoms with E-state index in [4.69, 9.17) is 16.0 Å². The van der Waals surface area contributed by atoms with Crippen LogP contribution in [0.3, 0.4) is 0 Å². The van der Waals surface area contributed by atoms with E-state index in [-0.39, 0.29) is 11.7 Å². The van der Waals surface area contributed by atoms with Crippen LogP contribution in [0.4, 0.5) is 0 Å². The molecule has 0 atom stereocenters. The Hall–Kier alpha value is -1.28. The van der Waals surface area contributed by atoms with Gasteiger partial charge in [-0.15, -0.1) is 0 Å². The lowest BCUT2D eigenvalue weighted by atomic mass is 9.81. The van der Waals surface area contributed by atoms with Crippen molar-refractivity contribution in [2.45, 2.75) is 19.3 Å². The molecular weight excluding hydrogens is 224 g/mol. The summed E-state index contributed by atoms with van der Waals surface area (Å²) in [5.41, 5.74) is 0.617. The van der Waals surface area contributed by atoms with Crippen molar-refractivity contribution in [1.82, 2.24) is 0 Å². The fourth-order valence-corrected chi connectivity index (χ4v) is 2.24. The molecule has 0 bridgehead atoms. The summed E-state index contributed by atoms with van der Waals surface area (Å²) in [6.07, 6.45) is 3.13. The third-order valence-electron chi connectivity index (χ3n) is 3.21. The van der Waals surface area contributed by atoms with Gasteiger partial charge in [0, 0.05) is 11.3 Å². The third kappa shape index (κ3) is 1.45. The average Bonchev–Trinajstić information content (AvgIpc) is 2.60. The van der Waals surface area contributed by atoms with E-state index in [0.29, 0.717) is 16.4 Å². The van der Waals surface area contributed by atoms with Gasteiger partial charge in [0.15, 0.2) is 11.3 Å². The van der Waals surface area contributed by atoms with Gasteiger partial charge in [0.1, 0.15) is 0 Å². The number of carbonyl (C=O) groups excluding carboxylic acids is 1. The molecule has 1 aromatic carbocycles. The fraction of sp³-hybridized carbons (Fsp3) is 0.308. The second-order valence-corrected chi connectivity index (χ2v) is 4.67. The summed E-state index contributed by atoms with van der Waals surface area (Å²) in [5, 5.41) is 1.46. The van der Waals surface area contributed by atoms with Crippen molar-refractivity contribution >= 4 is 28.4 Å². The molecule has 0 saturated heterocycles. The lowest BCUT2D eigenvalue weighted by molar-refractivity contribution is 0.0828. The summed E-state index contributed by atoms with van der Waals surface area (Å²) in [6.45, 7) is 0. The highest BCUT2D eigenvalue weighted by Gasteiger charge is 2.28. The number of carbonyl (C=O) groups is 1. The maximum Gasteiger partial charge on any atom is 0.201 e. The van der Waals surface area contributed by atoms with Crippen molar-refractivity contribution in [2.75, 3.05) is 0 Å². The van der Waals surface area contributed by atoms with Crippen LogP contribution < -0.4 is 0 Å². The number of halogens is 1. The molecule has 0 aliphatic heterocycles. The van der Waals surface area contributed by atoms with Crippen LogP contribution >= 0.6 is 11.6 Å². The molecule has 1 heterocycles. The Labute approximate surface area is 98.2 Å². The van der Waals surface area contributed by atoms with Gasteiger partial charge < -0.3 is 4.42 Å². The normalized spacial score (nSPS) is 16.3. The number of para-hydroxylation sites is 1. The van der Waals surface area contributed by atoms with Gasteiger partial charge in [-0.25, -0.2) is 0 Å². The quantitative estimate of drug-likeness (QED) is 0.734. The Kier molecular flexibility index (Phi) is 2.25. The number of hydrogen-bond acceptors (Lipinski definition) is 2. The molecule has 16 heavy (non-hydrogen) atoms. The smallest absolute Gasteiger partial charge is 0.201 e. The van der Waals surface area contributed by atoms with Gasteiger partial charge in [-0.1, -0.05) is 30.2 Å². The number of Topliss-reactive ketones (excluding diaryl/α,β-unsaturated/α-hetero) is 1. The molecule has 2 nitrogen and oxygen atoms in total. The van der Waals surface area contributed by atoms with Crippen molar-refractivity contribution in [2.24, 2.45) is 5.92 Å². The highest BCUT2D eigenvalue weighted by molar-refractivity contribution is 6.34. The summed E-state index contributed by atoms with van der Waals surface area (Å²) in [4.78, 5) is 12.0. The Bertz CT molecular complexity index is 552. The molecule has 0 amide bonds. The van der Waals surface area contributed by atoms with Gasteiger partial charge in [-0.3, -0.25) is 4.79 Å². The van der Waals surface area contributed by atoms with E-state index in [0.717, 1.165) is 24.6 Å². The summed E-state index contributed by atoms with van der Waals surface area (Å²) in [5.74, 6) is 0.741. The Balaban J connectivity index is 2.04. The SMILES string of the molecule is O=C(c1cc2cccc(Cl)c2o1)C1CCC1. The molecule has 3 rings (SSSR count). The summed E-state index contributed by atoms with van der Waals surface area (Å²) >= 11 is 6.00. The maximum atomic E-state index is 12.0. The van der Waals surface area contributed by atoms with E-state index in [9.17, 15) is 4.79 Å². The van der Waals surface area contributed by atoms with Gasteiger partial charge in [-0.05, 0) is 25.0 Å². The van der Waals surface area contributed by atoms with Gasteiger partial charge in [0.2, 0.25) is 5.78 Å². The van der Waals surface area contributed by atoms with Crippen molar-refractivity contribution in [1.29, 1.82) is 0 Å². The van der Waals surface area contributed by atoms with Gasteiger partial charge >= 0.3 is 0 Å². The van der Waals surface area contributed by atoms with Crippen LogP contribution in [-0.4, -0.2) is 5.78 Å². The molecule has 1 aromatic heterocycles. The Morgan fingerprint density at radius 1 is 1.38 bits per heavy atom. The molecule has 0 spiro atoms. The van der Waals surface area contributed by atoms with Gasteiger partial charge in [0.25, 0.3) is 0 Å². The second-order valence-electron chi connectivity index (χ2n) is 4.26. The lowest BCUT2D eigenvalue weighted by Gasteiger charge is -2.22. The molecule has 0 N–H and O–H groups in total. The Morgan fingerprint density at radius 3 is 2.81 bits per heavy atom. The number of rotatable bonds is 2. The molecule has 1 saturated carbocycles. The van der Waals surface area contributed by atoms with E-state index >= 15 is 0 Å². The van der Waals surface area contributed by atoms with Gasteiger partial charge in [0.05, 0.1) is 5.02 Å². The lowest BCUT2D eigenvalue weighted by Crippen LogP contribution is -2.21. The minimum Gasteiger partial charge on any atom is -0.451 e. The van der Waals surface area contributed by atoms with Crippen LogP contribution in [0.5, 0.6) is 0 Å². The molecule has 0 radical (unpaired) electrons. The summed E-state index contributed by atoms with van der Waals surface area (Å²) < 4.78 is 5.54. The van der Waals surface area contributed by atoms with Crippen molar-refractivity contribution in [3.8, 4) is 0 Å². The van der Waals surface area contributed by atoms with Crippen molar-refractivity contribution in [3.05, 3.63) is 35.0 Å². The van der Waals surface area contributed by atoms with Crippen molar-refractivity contribution < 1.29 is 9.21 Å². The Morgan fingerprint density at radius 2 is 2.19 bits per heavy atom. The average molecular weight is 235 g/mol. The first-order chi connectivity index (χ1) is 7.75.